The molecule has 168 valence electrons. The van der Waals surface area contributed by atoms with Gasteiger partial charge < -0.3 is 9.64 Å². The molecule has 31 heavy (non-hydrogen) atoms. The first-order chi connectivity index (χ1) is 14.7. The number of sulfone groups is 1. The first-order valence-corrected chi connectivity index (χ1v) is 12.8. The molecule has 2 aliphatic rings. The Bertz CT molecular complexity index is 1150. The predicted octanol–water partition coefficient (Wildman–Crippen LogP) is 1.52. The first kappa shape index (κ1) is 22.1. The van der Waals surface area contributed by atoms with Gasteiger partial charge in [-0.15, -0.1) is 0 Å². The number of ether oxygens (including phenoxy) is 1. The lowest BCUT2D eigenvalue weighted by molar-refractivity contribution is -0.383. The lowest BCUT2D eigenvalue weighted by atomic mass is 9.99. The fourth-order valence-electron chi connectivity index (χ4n) is 4.02. The highest BCUT2D eigenvalue weighted by Gasteiger charge is 2.26. The van der Waals surface area contributed by atoms with E-state index in [0.29, 0.717) is 24.1 Å². The number of anilines is 1. The Labute approximate surface area is 183 Å². The minimum Gasteiger partial charge on any atom is -0.381 e. The molecule has 0 aliphatic carbocycles. The first-order valence-electron chi connectivity index (χ1n) is 10.1. The Balaban J connectivity index is 1.58. The fourth-order valence-corrected chi connectivity index (χ4v) is 5.79. The Kier molecular flexibility index (Phi) is 6.24. The second kappa shape index (κ2) is 8.77. The number of nitro groups is 1. The quantitative estimate of drug-likeness (QED) is 0.474. The monoisotopic (exact) mass is 468 g/mol. The largest absolute Gasteiger partial charge is 0.381 e. The zero-order valence-corrected chi connectivity index (χ0v) is 18.8. The van der Waals surface area contributed by atoms with Crippen molar-refractivity contribution in [3.8, 4) is 0 Å². The Morgan fingerprint density at radius 2 is 1.90 bits per heavy atom. The van der Waals surface area contributed by atoms with Gasteiger partial charge in [0.1, 0.15) is 4.70 Å². The van der Waals surface area contributed by atoms with E-state index >= 15 is 0 Å². The van der Waals surface area contributed by atoms with Crippen LogP contribution in [-0.2, 0) is 14.6 Å². The van der Waals surface area contributed by atoms with Crippen LogP contribution in [0.3, 0.4) is 0 Å². The summed E-state index contributed by atoms with van der Waals surface area (Å²) >= 11 is 1.06. The summed E-state index contributed by atoms with van der Waals surface area (Å²) in [6, 6.07) is 2.20. The molecule has 0 atom stereocenters. The van der Waals surface area contributed by atoms with Crippen molar-refractivity contribution in [1.29, 1.82) is 0 Å². The van der Waals surface area contributed by atoms with Crippen LogP contribution in [0.1, 0.15) is 12.8 Å². The van der Waals surface area contributed by atoms with Crippen LogP contribution in [-0.4, -0.2) is 75.4 Å². The van der Waals surface area contributed by atoms with Gasteiger partial charge in [-0.05, 0) is 24.8 Å². The van der Waals surface area contributed by atoms with Crippen LogP contribution in [0.15, 0.2) is 21.8 Å². The summed E-state index contributed by atoms with van der Waals surface area (Å²) in [5.41, 5.74) is -1.04. The Morgan fingerprint density at radius 3 is 2.52 bits per heavy atom. The van der Waals surface area contributed by atoms with Crippen molar-refractivity contribution in [2.45, 2.75) is 17.7 Å². The van der Waals surface area contributed by atoms with Crippen LogP contribution in [0.2, 0.25) is 0 Å². The molecular formula is C19H24N4O6S2. The van der Waals surface area contributed by atoms with E-state index in [1.807, 2.05) is 4.90 Å². The molecule has 1 aromatic carbocycles. The molecule has 0 amide bonds. The van der Waals surface area contributed by atoms with Gasteiger partial charge in [0.05, 0.1) is 15.2 Å². The van der Waals surface area contributed by atoms with Gasteiger partial charge >= 0.3 is 0 Å². The highest BCUT2D eigenvalue weighted by atomic mass is 32.2. The lowest BCUT2D eigenvalue weighted by Gasteiger charge is -2.37. The van der Waals surface area contributed by atoms with Gasteiger partial charge in [0.2, 0.25) is 0 Å². The van der Waals surface area contributed by atoms with E-state index in [2.05, 4.69) is 9.88 Å². The third kappa shape index (κ3) is 4.86. The van der Waals surface area contributed by atoms with E-state index in [1.165, 1.54) is 6.07 Å². The predicted molar refractivity (Wildman–Crippen MR) is 118 cm³/mol. The highest BCUT2D eigenvalue weighted by Crippen LogP contribution is 2.34. The summed E-state index contributed by atoms with van der Waals surface area (Å²) in [7, 11) is -3.71. The third-order valence-corrected chi connectivity index (χ3v) is 8.05. The molecule has 2 aromatic rings. The SMILES string of the molecule is CS(=O)(=O)c1cc([N+](=O)[O-])c2sc(N3CCN(CC4CCOCC4)CC3)nc(=O)c2c1. The van der Waals surface area contributed by atoms with Crippen LogP contribution in [0.25, 0.3) is 10.1 Å². The molecule has 0 spiro atoms. The maximum absolute atomic E-state index is 12.7. The van der Waals surface area contributed by atoms with Crippen LogP contribution in [0, 0.1) is 16.0 Å². The van der Waals surface area contributed by atoms with Crippen LogP contribution >= 0.6 is 11.3 Å². The number of benzene rings is 1. The summed E-state index contributed by atoms with van der Waals surface area (Å²) in [5.74, 6) is 0.641. The molecule has 0 bridgehead atoms. The van der Waals surface area contributed by atoms with Crippen LogP contribution in [0.4, 0.5) is 10.8 Å². The highest BCUT2D eigenvalue weighted by molar-refractivity contribution is 7.90. The molecule has 0 saturated carbocycles. The summed E-state index contributed by atoms with van der Waals surface area (Å²) in [6.07, 6.45) is 3.10. The second-order valence-electron chi connectivity index (χ2n) is 7.99. The molecule has 0 N–H and O–H groups in total. The summed E-state index contributed by atoms with van der Waals surface area (Å²) in [4.78, 5) is 31.8. The zero-order chi connectivity index (χ0) is 22.2. The van der Waals surface area contributed by atoms with Crippen LogP contribution in [0.5, 0.6) is 0 Å². The minimum atomic E-state index is -3.71. The van der Waals surface area contributed by atoms with Gasteiger partial charge in [0.25, 0.3) is 11.2 Å². The zero-order valence-electron chi connectivity index (χ0n) is 17.2. The molecule has 2 aliphatic heterocycles. The number of non-ortho nitro benzene ring substituents is 1. The minimum absolute atomic E-state index is 0.0403. The van der Waals surface area contributed by atoms with Crippen molar-refractivity contribution in [1.82, 2.24) is 9.88 Å². The van der Waals surface area contributed by atoms with Crippen molar-refractivity contribution in [3.05, 3.63) is 32.6 Å². The van der Waals surface area contributed by atoms with Crippen molar-refractivity contribution in [2.24, 2.45) is 5.92 Å². The number of nitro benzene ring substituents is 1. The van der Waals surface area contributed by atoms with Gasteiger partial charge in [0.15, 0.2) is 15.0 Å². The molecule has 1 aromatic heterocycles. The average molecular weight is 469 g/mol. The van der Waals surface area contributed by atoms with E-state index in [-0.39, 0.29) is 20.7 Å². The molecule has 10 nitrogen and oxygen atoms in total. The average Bonchev–Trinajstić information content (AvgIpc) is 2.73. The summed E-state index contributed by atoms with van der Waals surface area (Å²) < 4.78 is 29.3. The van der Waals surface area contributed by atoms with E-state index in [4.69, 9.17) is 4.74 Å². The number of hydrogen-bond donors (Lipinski definition) is 0. The topological polar surface area (TPSA) is 123 Å². The normalized spacial score (nSPS) is 19.1. The molecule has 2 saturated heterocycles. The van der Waals surface area contributed by atoms with Gasteiger partial charge in [-0.3, -0.25) is 19.8 Å². The number of piperazine rings is 1. The standard InChI is InChI=1S/C19H24N4O6S2/c1-31(27,28)14-10-15-17(16(11-14)23(25)26)30-19(20-18(15)24)22-6-4-21(5-7-22)12-13-2-8-29-9-3-13/h10-11,13H,2-9,12H2,1H3. The van der Waals surface area contributed by atoms with E-state index in [9.17, 15) is 23.3 Å². The molecule has 2 fully saturated rings. The molecule has 0 unspecified atom stereocenters. The fraction of sp³-hybridized carbons (Fsp3) is 0.579. The number of aromatic nitrogens is 1. The molecule has 4 rings (SSSR count). The Morgan fingerprint density at radius 1 is 1.23 bits per heavy atom. The van der Waals surface area contributed by atoms with Crippen molar-refractivity contribution >= 4 is 42.1 Å². The number of nitrogens with zero attached hydrogens (tertiary/aromatic N) is 4. The van der Waals surface area contributed by atoms with Crippen molar-refractivity contribution in [2.75, 3.05) is 57.1 Å². The maximum atomic E-state index is 12.7. The maximum Gasteiger partial charge on any atom is 0.288 e. The molecule has 3 heterocycles. The van der Waals surface area contributed by atoms with Gasteiger partial charge in [-0.1, -0.05) is 11.3 Å². The van der Waals surface area contributed by atoms with Crippen molar-refractivity contribution in [3.63, 3.8) is 0 Å². The number of hydrogen-bond acceptors (Lipinski definition) is 10. The van der Waals surface area contributed by atoms with Crippen molar-refractivity contribution < 1.29 is 18.1 Å². The summed E-state index contributed by atoms with van der Waals surface area (Å²) in [6.45, 7) is 5.66. The number of fused-ring (bicyclic) bond motifs is 1. The second-order valence-corrected chi connectivity index (χ2v) is 11.0. The van der Waals surface area contributed by atoms with Crippen LogP contribution < -0.4 is 10.5 Å². The Hall–Kier alpha value is -2.15. The van der Waals surface area contributed by atoms with E-state index < -0.39 is 20.3 Å². The molecular weight excluding hydrogens is 444 g/mol. The van der Waals surface area contributed by atoms with Gasteiger partial charge in [-0.2, -0.15) is 4.98 Å². The lowest BCUT2D eigenvalue weighted by Crippen LogP contribution is -2.48. The third-order valence-electron chi connectivity index (χ3n) is 5.79. The summed E-state index contributed by atoms with van der Waals surface area (Å²) in [5, 5.41) is 12.0. The smallest absolute Gasteiger partial charge is 0.288 e. The van der Waals surface area contributed by atoms with Gasteiger partial charge in [0, 0.05) is 58.3 Å². The number of rotatable bonds is 5. The van der Waals surface area contributed by atoms with Gasteiger partial charge in [-0.25, -0.2) is 8.42 Å². The van der Waals surface area contributed by atoms with E-state index in [1.54, 1.807) is 0 Å². The molecule has 0 radical (unpaired) electrons. The van der Waals surface area contributed by atoms with E-state index in [0.717, 1.165) is 69.3 Å². The molecule has 12 heteroatoms.